The smallest absolute Gasteiger partial charge is 0.328 e. The van der Waals surface area contributed by atoms with Crippen LogP contribution in [0.3, 0.4) is 0 Å². The van der Waals surface area contributed by atoms with E-state index in [0.29, 0.717) is 30.0 Å². The molecule has 0 saturated carbocycles. The summed E-state index contributed by atoms with van der Waals surface area (Å²) in [6, 6.07) is 16.8. The summed E-state index contributed by atoms with van der Waals surface area (Å²) < 4.78 is 19.7. The number of amides is 4. The van der Waals surface area contributed by atoms with Crippen molar-refractivity contribution in [1.82, 2.24) is 35.8 Å². The number of carbonyl (C=O) groups is 5. The van der Waals surface area contributed by atoms with Crippen molar-refractivity contribution in [3.05, 3.63) is 107 Å². The van der Waals surface area contributed by atoms with Crippen LogP contribution in [0.5, 0.6) is 11.5 Å². The fourth-order valence-corrected chi connectivity index (χ4v) is 8.52. The summed E-state index contributed by atoms with van der Waals surface area (Å²) in [6.07, 6.45) is 1.21. The van der Waals surface area contributed by atoms with Crippen molar-refractivity contribution in [2.45, 2.75) is 83.0 Å². The van der Waals surface area contributed by atoms with E-state index in [1.54, 1.807) is 59.4 Å². The topological polar surface area (TPSA) is 203 Å². The number of benzene rings is 3. The molecular weight excluding hydrogens is 803 g/mol. The molecule has 320 valence electrons. The Morgan fingerprint density at radius 3 is 2.54 bits per heavy atom. The lowest BCUT2D eigenvalue weighted by Gasteiger charge is -2.32. The summed E-state index contributed by atoms with van der Waals surface area (Å²) in [4.78, 5) is 71.6. The quantitative estimate of drug-likeness (QED) is 0.189. The third kappa shape index (κ3) is 10.2. The number of nitrogens with zero attached hydrogens (tertiary/aromatic N) is 4. The lowest BCUT2D eigenvalue weighted by molar-refractivity contribution is -0.145. The molecule has 5 aromatic rings. The lowest BCUT2D eigenvalue weighted by Crippen LogP contribution is -2.58. The molecule has 4 amide bonds. The Kier molecular flexibility index (Phi) is 13.6. The van der Waals surface area contributed by atoms with Crippen molar-refractivity contribution >= 4 is 51.0 Å². The van der Waals surface area contributed by atoms with Crippen molar-refractivity contribution in [1.29, 1.82) is 0 Å². The minimum absolute atomic E-state index is 0.0103. The van der Waals surface area contributed by atoms with Crippen LogP contribution in [0, 0.1) is 5.92 Å². The van der Waals surface area contributed by atoms with Crippen molar-refractivity contribution in [3.63, 3.8) is 0 Å². The molecule has 4 bridgehead atoms. The molecule has 5 heterocycles. The Morgan fingerprint density at radius 1 is 0.984 bits per heavy atom. The van der Waals surface area contributed by atoms with Gasteiger partial charge in [0, 0.05) is 30.5 Å². The zero-order valence-electron chi connectivity index (χ0n) is 34.1. The molecule has 2 aromatic heterocycles. The van der Waals surface area contributed by atoms with Gasteiger partial charge in [-0.1, -0.05) is 67.9 Å². The standard InChI is InChI=1S/C44H49N7O9S/c1-4-26(2)39-43(56)51-23-30(52)21-36(51)42(55)45-34(20-28-25-61-38-12-8-6-9-32(28)38)41(54)46-35(44(57)58-3)19-27-13-15-31(16-14-27)59-18-17-50-22-29(48-49-50)24-60-37-11-7-5-10-33(37)40(53)47-39/h5-16,22,25-26,30,34-36,39,52H,4,17-21,23-24H2,1-3H3,(H,45,55)(H,46,54)(H,47,53)/t26-,30+,34+,35+,36-,39-/m1/s1. The first-order valence-corrected chi connectivity index (χ1v) is 21.1. The third-order valence-corrected chi connectivity index (χ3v) is 12.1. The van der Waals surface area contributed by atoms with Crippen LogP contribution in [-0.4, -0.2) is 105 Å². The summed E-state index contributed by atoms with van der Waals surface area (Å²) in [7, 11) is 1.23. The highest BCUT2D eigenvalue weighted by Crippen LogP contribution is 2.28. The summed E-state index contributed by atoms with van der Waals surface area (Å²) >= 11 is 1.50. The van der Waals surface area contributed by atoms with E-state index >= 15 is 0 Å². The number of thiophene rings is 1. The van der Waals surface area contributed by atoms with Crippen LogP contribution in [0.4, 0.5) is 0 Å². The molecule has 4 N–H and O–H groups in total. The van der Waals surface area contributed by atoms with E-state index < -0.39 is 59.9 Å². The van der Waals surface area contributed by atoms with Crippen molar-refractivity contribution in [2.24, 2.45) is 5.92 Å². The third-order valence-electron chi connectivity index (χ3n) is 11.1. The van der Waals surface area contributed by atoms with E-state index in [4.69, 9.17) is 14.2 Å². The van der Waals surface area contributed by atoms with Gasteiger partial charge in [-0.15, -0.1) is 16.4 Å². The number of fused-ring (bicyclic) bond motifs is 15. The number of para-hydroxylation sites is 1. The first-order chi connectivity index (χ1) is 29.5. The van der Waals surface area contributed by atoms with Gasteiger partial charge in [0.05, 0.1) is 31.5 Å². The molecule has 0 aliphatic carbocycles. The normalized spacial score (nSPS) is 22.4. The fourth-order valence-electron chi connectivity index (χ4n) is 7.54. The monoisotopic (exact) mass is 851 g/mol. The molecule has 0 spiro atoms. The Hall–Kier alpha value is -6.33. The molecule has 0 unspecified atom stereocenters. The predicted octanol–water partition coefficient (Wildman–Crippen LogP) is 3.20. The van der Waals surface area contributed by atoms with E-state index in [0.717, 1.165) is 15.6 Å². The Balaban J connectivity index is 1.22. The number of hydrogen-bond acceptors (Lipinski definition) is 12. The summed E-state index contributed by atoms with van der Waals surface area (Å²) in [5, 5.41) is 30.7. The van der Waals surface area contributed by atoms with Gasteiger partial charge in [0.15, 0.2) is 0 Å². The van der Waals surface area contributed by atoms with Gasteiger partial charge in [-0.3, -0.25) is 19.2 Å². The second-order valence-corrected chi connectivity index (χ2v) is 16.2. The van der Waals surface area contributed by atoms with Crippen LogP contribution in [0.25, 0.3) is 10.1 Å². The van der Waals surface area contributed by atoms with Crippen LogP contribution in [0.15, 0.2) is 84.4 Å². The molecule has 8 rings (SSSR count). The number of nitrogens with one attached hydrogen (secondary N) is 3. The van der Waals surface area contributed by atoms with Gasteiger partial charge in [0.25, 0.3) is 5.91 Å². The molecule has 3 aliphatic rings. The number of aliphatic hydroxyl groups is 1. The van der Waals surface area contributed by atoms with Gasteiger partial charge in [-0.25, -0.2) is 9.48 Å². The summed E-state index contributed by atoms with van der Waals surface area (Å²) in [6.45, 7) is 4.20. The number of carbonyl (C=O) groups excluding carboxylic acids is 5. The number of esters is 1. The van der Waals surface area contributed by atoms with E-state index in [1.807, 2.05) is 43.5 Å². The molecule has 3 aliphatic heterocycles. The van der Waals surface area contributed by atoms with Crippen LogP contribution >= 0.6 is 11.3 Å². The number of hydrogen-bond donors (Lipinski definition) is 4. The minimum atomic E-state index is -1.20. The van der Waals surface area contributed by atoms with Crippen molar-refractivity contribution in [3.8, 4) is 11.5 Å². The lowest BCUT2D eigenvalue weighted by atomic mass is 9.96. The van der Waals surface area contributed by atoms with Gasteiger partial charge in [-0.2, -0.15) is 0 Å². The highest BCUT2D eigenvalue weighted by atomic mass is 32.1. The minimum Gasteiger partial charge on any atom is -0.492 e. The predicted molar refractivity (Wildman–Crippen MR) is 225 cm³/mol. The second kappa shape index (κ2) is 19.4. The number of methoxy groups -OCH3 is 1. The van der Waals surface area contributed by atoms with E-state index in [1.165, 1.54) is 23.3 Å². The van der Waals surface area contributed by atoms with Crippen LogP contribution in [-0.2, 0) is 49.9 Å². The molecule has 0 radical (unpaired) electrons. The second-order valence-electron chi connectivity index (χ2n) is 15.3. The van der Waals surface area contributed by atoms with Gasteiger partial charge in [0.1, 0.15) is 54.6 Å². The first-order valence-electron chi connectivity index (χ1n) is 20.3. The Labute approximate surface area is 356 Å². The number of aromatic nitrogens is 3. The highest BCUT2D eigenvalue weighted by molar-refractivity contribution is 7.17. The maximum absolute atomic E-state index is 14.5. The Morgan fingerprint density at radius 2 is 1.75 bits per heavy atom. The molecule has 17 heteroatoms. The van der Waals surface area contributed by atoms with Crippen LogP contribution in [0.1, 0.15) is 53.9 Å². The van der Waals surface area contributed by atoms with Crippen molar-refractivity contribution in [2.75, 3.05) is 20.3 Å². The molecule has 6 atom stereocenters. The van der Waals surface area contributed by atoms with Crippen LogP contribution < -0.4 is 25.4 Å². The van der Waals surface area contributed by atoms with Gasteiger partial charge >= 0.3 is 5.97 Å². The van der Waals surface area contributed by atoms with Gasteiger partial charge < -0.3 is 40.2 Å². The average molecular weight is 852 g/mol. The molecule has 3 aromatic carbocycles. The highest BCUT2D eigenvalue weighted by Gasteiger charge is 2.44. The van der Waals surface area contributed by atoms with E-state index in [9.17, 15) is 29.1 Å². The number of aliphatic hydroxyl groups excluding tert-OH is 1. The van der Waals surface area contributed by atoms with E-state index in [-0.39, 0.29) is 56.3 Å². The first kappa shape index (κ1) is 42.8. The maximum atomic E-state index is 14.5. The molecule has 61 heavy (non-hydrogen) atoms. The Bertz CT molecular complexity index is 2370. The molecular formula is C44H49N7O9S. The van der Waals surface area contributed by atoms with Gasteiger partial charge in [-0.05, 0) is 58.1 Å². The largest absolute Gasteiger partial charge is 0.492 e. The molecule has 16 nitrogen and oxygen atoms in total. The number of ether oxygens (including phenoxy) is 3. The zero-order chi connectivity index (χ0) is 43.0. The van der Waals surface area contributed by atoms with Crippen LogP contribution in [0.2, 0.25) is 0 Å². The average Bonchev–Trinajstić information content (AvgIpc) is 4.02. The molecule has 1 fully saturated rings. The number of rotatable bonds is 5. The maximum Gasteiger partial charge on any atom is 0.328 e. The molecule has 1 saturated heterocycles. The summed E-state index contributed by atoms with van der Waals surface area (Å²) in [5.74, 6) is -2.66. The van der Waals surface area contributed by atoms with E-state index in [2.05, 4.69) is 26.3 Å². The fraction of sp³-hybridized carbons (Fsp3) is 0.386. The summed E-state index contributed by atoms with van der Waals surface area (Å²) in [5.41, 5.74) is 2.21. The van der Waals surface area contributed by atoms with Gasteiger partial charge in [0.2, 0.25) is 17.7 Å². The SMILES string of the molecule is CC[C@@H](C)[C@H]1NC(=O)c2ccccc2OCc2cn(nn2)CCOc2ccc(cc2)C[C@@H](C(=O)OC)NC(=O)[C@H](Cc2csc3ccccc23)NC(=O)[C@H]2C[C@H](O)CN2C1=O. The van der Waals surface area contributed by atoms with Crippen molar-refractivity contribution < 1.29 is 43.3 Å². The zero-order valence-corrected chi connectivity index (χ0v) is 34.9.